The molecule has 0 aromatic carbocycles. The van der Waals surface area contributed by atoms with Crippen LogP contribution < -0.4 is 0 Å². The van der Waals surface area contributed by atoms with Gasteiger partial charge in [0.05, 0.1) is 0 Å². The van der Waals surface area contributed by atoms with Gasteiger partial charge in [0.1, 0.15) is 0 Å². The summed E-state index contributed by atoms with van der Waals surface area (Å²) in [5.74, 6) is 0. The van der Waals surface area contributed by atoms with Crippen LogP contribution in [0.3, 0.4) is 0 Å². The molecule has 0 bridgehead atoms. The highest BCUT2D eigenvalue weighted by Gasteiger charge is 1.73. The SMILES string of the molecule is C=CCC=CC(C)=CC. The predicted molar refractivity (Wildman–Crippen MR) is 43.4 cm³/mol. The zero-order chi connectivity index (χ0) is 7.11. The maximum absolute atomic E-state index is 3.61. The molecule has 0 heterocycles. The Balaban J connectivity index is 3.56. The fraction of sp³-hybridized carbons (Fsp3) is 0.333. The first-order valence-corrected chi connectivity index (χ1v) is 3.21. The minimum atomic E-state index is 0.963. The molecule has 0 fully saturated rings. The molecule has 0 rings (SSSR count). The van der Waals surface area contributed by atoms with Gasteiger partial charge < -0.3 is 0 Å². The summed E-state index contributed by atoms with van der Waals surface area (Å²) in [4.78, 5) is 0. The lowest BCUT2D eigenvalue weighted by atomic mass is 10.2. The van der Waals surface area contributed by atoms with Crippen LogP contribution in [0.25, 0.3) is 0 Å². The molecular formula is C9H14. The van der Waals surface area contributed by atoms with Gasteiger partial charge in [-0.3, -0.25) is 0 Å². The Hall–Kier alpha value is -0.780. The molecule has 0 aliphatic carbocycles. The normalized spacial score (nSPS) is 12.4. The molecule has 0 saturated carbocycles. The summed E-state index contributed by atoms with van der Waals surface area (Å²) >= 11 is 0. The van der Waals surface area contributed by atoms with Gasteiger partial charge in [-0.1, -0.05) is 29.9 Å². The van der Waals surface area contributed by atoms with Crippen molar-refractivity contribution in [1.82, 2.24) is 0 Å². The summed E-state index contributed by atoms with van der Waals surface area (Å²) in [5, 5.41) is 0. The maximum Gasteiger partial charge on any atom is -0.0169 e. The Morgan fingerprint density at radius 1 is 1.56 bits per heavy atom. The van der Waals surface area contributed by atoms with Gasteiger partial charge in [-0.15, -0.1) is 6.58 Å². The Morgan fingerprint density at radius 3 is 2.67 bits per heavy atom. The molecule has 0 amide bonds. The zero-order valence-electron chi connectivity index (χ0n) is 6.22. The molecule has 0 aliphatic rings. The zero-order valence-corrected chi connectivity index (χ0v) is 6.22. The third-order valence-electron chi connectivity index (χ3n) is 1.14. The van der Waals surface area contributed by atoms with Gasteiger partial charge in [0.25, 0.3) is 0 Å². The van der Waals surface area contributed by atoms with Crippen molar-refractivity contribution < 1.29 is 0 Å². The molecule has 0 unspecified atom stereocenters. The first-order valence-electron chi connectivity index (χ1n) is 3.21. The van der Waals surface area contributed by atoms with Crippen molar-refractivity contribution in [1.29, 1.82) is 0 Å². The molecular weight excluding hydrogens is 108 g/mol. The van der Waals surface area contributed by atoms with Crippen LogP contribution in [-0.4, -0.2) is 0 Å². The Bertz CT molecular complexity index is 127. The van der Waals surface area contributed by atoms with E-state index in [1.54, 1.807) is 0 Å². The van der Waals surface area contributed by atoms with E-state index in [4.69, 9.17) is 0 Å². The highest BCUT2D eigenvalue weighted by Crippen LogP contribution is 1.94. The van der Waals surface area contributed by atoms with Crippen molar-refractivity contribution in [3.8, 4) is 0 Å². The van der Waals surface area contributed by atoms with E-state index in [1.165, 1.54) is 5.57 Å². The van der Waals surface area contributed by atoms with Gasteiger partial charge >= 0.3 is 0 Å². The second-order valence-corrected chi connectivity index (χ2v) is 1.96. The Kier molecular flexibility index (Phi) is 4.89. The molecule has 0 aromatic heterocycles. The molecule has 0 saturated heterocycles. The molecule has 0 spiro atoms. The predicted octanol–water partition coefficient (Wildman–Crippen LogP) is 3.08. The van der Waals surface area contributed by atoms with E-state index in [0.717, 1.165) is 6.42 Å². The largest absolute Gasteiger partial charge is 0.103 e. The van der Waals surface area contributed by atoms with Crippen molar-refractivity contribution >= 4 is 0 Å². The summed E-state index contributed by atoms with van der Waals surface area (Å²) in [7, 11) is 0. The van der Waals surface area contributed by atoms with Gasteiger partial charge in [0.2, 0.25) is 0 Å². The van der Waals surface area contributed by atoms with Crippen LogP contribution >= 0.6 is 0 Å². The first kappa shape index (κ1) is 8.22. The van der Waals surface area contributed by atoms with Crippen molar-refractivity contribution in [2.24, 2.45) is 0 Å². The molecule has 0 aromatic rings. The van der Waals surface area contributed by atoms with Crippen molar-refractivity contribution in [2.75, 3.05) is 0 Å². The van der Waals surface area contributed by atoms with E-state index >= 15 is 0 Å². The van der Waals surface area contributed by atoms with Gasteiger partial charge in [-0.25, -0.2) is 0 Å². The van der Waals surface area contributed by atoms with Gasteiger partial charge in [-0.05, 0) is 20.3 Å². The fourth-order valence-electron chi connectivity index (χ4n) is 0.446. The van der Waals surface area contributed by atoms with Crippen LogP contribution in [0.4, 0.5) is 0 Å². The van der Waals surface area contributed by atoms with Crippen LogP contribution in [0.1, 0.15) is 20.3 Å². The minimum Gasteiger partial charge on any atom is -0.103 e. The summed E-state index contributed by atoms with van der Waals surface area (Å²) < 4.78 is 0. The van der Waals surface area contributed by atoms with Crippen LogP contribution in [0.2, 0.25) is 0 Å². The van der Waals surface area contributed by atoms with Gasteiger partial charge in [0, 0.05) is 0 Å². The maximum atomic E-state index is 3.61. The highest BCUT2D eigenvalue weighted by atomic mass is 13.8. The first-order chi connectivity index (χ1) is 4.31. The molecule has 0 radical (unpaired) electrons. The number of allylic oxidation sites excluding steroid dienone is 5. The fourth-order valence-corrected chi connectivity index (χ4v) is 0.446. The molecule has 9 heavy (non-hydrogen) atoms. The Labute approximate surface area is 57.6 Å². The summed E-state index contributed by atoms with van der Waals surface area (Å²) in [6, 6.07) is 0. The molecule has 50 valence electrons. The van der Waals surface area contributed by atoms with E-state index in [9.17, 15) is 0 Å². The van der Waals surface area contributed by atoms with E-state index in [2.05, 4.69) is 31.7 Å². The topological polar surface area (TPSA) is 0 Å². The van der Waals surface area contributed by atoms with E-state index in [1.807, 2.05) is 13.0 Å². The van der Waals surface area contributed by atoms with E-state index in [-0.39, 0.29) is 0 Å². The Morgan fingerprint density at radius 2 is 2.22 bits per heavy atom. The number of rotatable bonds is 3. The van der Waals surface area contributed by atoms with Crippen LogP contribution in [-0.2, 0) is 0 Å². The summed E-state index contributed by atoms with van der Waals surface area (Å²) in [6.45, 7) is 7.73. The van der Waals surface area contributed by atoms with Gasteiger partial charge in [-0.2, -0.15) is 0 Å². The number of hydrogen-bond donors (Lipinski definition) is 0. The third-order valence-corrected chi connectivity index (χ3v) is 1.14. The monoisotopic (exact) mass is 122 g/mol. The highest BCUT2D eigenvalue weighted by molar-refractivity contribution is 5.15. The van der Waals surface area contributed by atoms with Crippen molar-refractivity contribution in [2.45, 2.75) is 20.3 Å². The average molecular weight is 122 g/mol. The van der Waals surface area contributed by atoms with Crippen LogP contribution in [0, 0.1) is 0 Å². The molecule has 0 aliphatic heterocycles. The smallest absolute Gasteiger partial charge is 0.0169 e. The molecule has 0 N–H and O–H groups in total. The molecule has 0 heteroatoms. The standard InChI is InChI=1S/C9H14/c1-4-6-7-8-9(3)5-2/h4-5,7-8H,1,6H2,2-3H3. The second kappa shape index (κ2) is 5.36. The second-order valence-electron chi connectivity index (χ2n) is 1.96. The van der Waals surface area contributed by atoms with E-state index in [0.29, 0.717) is 0 Å². The van der Waals surface area contributed by atoms with Crippen molar-refractivity contribution in [3.05, 3.63) is 36.5 Å². The van der Waals surface area contributed by atoms with Crippen LogP contribution in [0.15, 0.2) is 36.5 Å². The summed E-state index contributed by atoms with van der Waals surface area (Å²) in [5.41, 5.74) is 1.30. The molecule has 0 nitrogen and oxygen atoms in total. The number of hydrogen-bond acceptors (Lipinski definition) is 0. The summed E-state index contributed by atoms with van der Waals surface area (Å²) in [6.07, 6.45) is 9.13. The van der Waals surface area contributed by atoms with E-state index < -0.39 is 0 Å². The average Bonchev–Trinajstić information content (AvgIpc) is 1.89. The van der Waals surface area contributed by atoms with Crippen molar-refractivity contribution in [3.63, 3.8) is 0 Å². The third kappa shape index (κ3) is 5.09. The lowest BCUT2D eigenvalue weighted by Gasteiger charge is -1.84. The lowest BCUT2D eigenvalue weighted by molar-refractivity contribution is 1.37. The minimum absolute atomic E-state index is 0.963. The molecule has 0 atom stereocenters. The van der Waals surface area contributed by atoms with Gasteiger partial charge in [0.15, 0.2) is 0 Å². The quantitative estimate of drug-likeness (QED) is 0.398. The lowest BCUT2D eigenvalue weighted by Crippen LogP contribution is -1.63. The van der Waals surface area contributed by atoms with Crippen LogP contribution in [0.5, 0.6) is 0 Å².